The minimum Gasteiger partial charge on any atom is -0.468 e. The van der Waals surface area contributed by atoms with E-state index in [9.17, 15) is 9.59 Å². The maximum absolute atomic E-state index is 12.3. The van der Waals surface area contributed by atoms with Gasteiger partial charge in [0.05, 0.1) is 14.2 Å². The van der Waals surface area contributed by atoms with Gasteiger partial charge in [-0.15, -0.1) is 0 Å². The van der Waals surface area contributed by atoms with Crippen LogP contribution in [0, 0.1) is 17.3 Å². The molecule has 0 radical (unpaired) electrons. The van der Waals surface area contributed by atoms with Crippen LogP contribution < -0.4 is 0 Å². The lowest BCUT2D eigenvalue weighted by Crippen LogP contribution is -2.45. The van der Waals surface area contributed by atoms with Gasteiger partial charge in [-0.05, 0) is 31.6 Å². The van der Waals surface area contributed by atoms with Gasteiger partial charge in [0, 0.05) is 5.92 Å². The SMILES string of the molecule is C=C1CC(C(=O)OC)(C(=O)OC)[C@H]2CCCC=C[C@@H]12. The summed E-state index contributed by atoms with van der Waals surface area (Å²) in [6.07, 6.45) is 7.25. The Bertz CT molecular complexity index is 419. The second-order valence-electron chi connectivity index (χ2n) is 5.28. The van der Waals surface area contributed by atoms with E-state index in [1.165, 1.54) is 14.2 Å². The molecule has 0 heterocycles. The van der Waals surface area contributed by atoms with Crippen molar-refractivity contribution in [3.05, 3.63) is 24.3 Å². The van der Waals surface area contributed by atoms with Gasteiger partial charge in [0.1, 0.15) is 0 Å². The lowest BCUT2D eigenvalue weighted by Gasteiger charge is -2.30. The van der Waals surface area contributed by atoms with Gasteiger partial charge in [-0.2, -0.15) is 0 Å². The lowest BCUT2D eigenvalue weighted by atomic mass is 9.73. The van der Waals surface area contributed by atoms with Crippen LogP contribution in [0.1, 0.15) is 25.7 Å². The fraction of sp³-hybridized carbons (Fsp3) is 0.600. The van der Waals surface area contributed by atoms with E-state index < -0.39 is 17.4 Å². The Morgan fingerprint density at radius 2 is 1.95 bits per heavy atom. The summed E-state index contributed by atoms with van der Waals surface area (Å²) >= 11 is 0. The molecule has 0 amide bonds. The minimum atomic E-state index is -1.21. The average molecular weight is 264 g/mol. The van der Waals surface area contributed by atoms with E-state index >= 15 is 0 Å². The second kappa shape index (κ2) is 5.19. The van der Waals surface area contributed by atoms with Crippen molar-refractivity contribution in [1.29, 1.82) is 0 Å². The Morgan fingerprint density at radius 3 is 2.53 bits per heavy atom. The summed E-state index contributed by atoms with van der Waals surface area (Å²) in [5.74, 6) is -1.02. The van der Waals surface area contributed by atoms with Gasteiger partial charge in [0.2, 0.25) is 0 Å². The molecule has 0 aromatic rings. The number of esters is 2. The fourth-order valence-electron chi connectivity index (χ4n) is 3.49. The highest BCUT2D eigenvalue weighted by atomic mass is 16.5. The Hall–Kier alpha value is -1.58. The van der Waals surface area contributed by atoms with Crippen LogP contribution in [0.3, 0.4) is 0 Å². The van der Waals surface area contributed by atoms with E-state index in [2.05, 4.69) is 18.7 Å². The molecule has 0 spiro atoms. The van der Waals surface area contributed by atoms with E-state index in [0.717, 1.165) is 24.8 Å². The zero-order chi connectivity index (χ0) is 14.0. The summed E-state index contributed by atoms with van der Waals surface area (Å²) in [7, 11) is 2.63. The maximum Gasteiger partial charge on any atom is 0.323 e. The van der Waals surface area contributed by atoms with Crippen LogP contribution >= 0.6 is 0 Å². The Morgan fingerprint density at radius 1 is 1.32 bits per heavy atom. The molecule has 1 fully saturated rings. The third kappa shape index (κ3) is 1.99. The van der Waals surface area contributed by atoms with Crippen LogP contribution in [0.5, 0.6) is 0 Å². The first-order valence-electron chi connectivity index (χ1n) is 6.59. The van der Waals surface area contributed by atoms with Gasteiger partial charge in [-0.25, -0.2) is 0 Å². The van der Waals surface area contributed by atoms with Crippen molar-refractivity contribution >= 4 is 11.9 Å². The number of rotatable bonds is 2. The normalized spacial score (nSPS) is 28.4. The van der Waals surface area contributed by atoms with Gasteiger partial charge in [0.15, 0.2) is 5.41 Å². The third-order valence-corrected chi connectivity index (χ3v) is 4.37. The topological polar surface area (TPSA) is 52.6 Å². The van der Waals surface area contributed by atoms with Crippen LogP contribution in [0.25, 0.3) is 0 Å². The summed E-state index contributed by atoms with van der Waals surface area (Å²) in [4.78, 5) is 24.5. The van der Waals surface area contributed by atoms with Gasteiger partial charge >= 0.3 is 11.9 Å². The Balaban J connectivity index is 2.48. The first-order valence-corrected chi connectivity index (χ1v) is 6.59. The van der Waals surface area contributed by atoms with Crippen LogP contribution in [0.4, 0.5) is 0 Å². The van der Waals surface area contributed by atoms with Crippen molar-refractivity contribution in [2.45, 2.75) is 25.7 Å². The van der Waals surface area contributed by atoms with E-state index in [1.54, 1.807) is 0 Å². The molecule has 0 aromatic carbocycles. The summed E-state index contributed by atoms with van der Waals surface area (Å²) < 4.78 is 9.79. The van der Waals surface area contributed by atoms with Gasteiger partial charge < -0.3 is 9.47 Å². The van der Waals surface area contributed by atoms with Crippen molar-refractivity contribution in [2.75, 3.05) is 14.2 Å². The largest absolute Gasteiger partial charge is 0.468 e. The van der Waals surface area contributed by atoms with E-state index in [-0.39, 0.29) is 11.8 Å². The molecule has 104 valence electrons. The van der Waals surface area contributed by atoms with Crippen LogP contribution in [-0.4, -0.2) is 26.2 Å². The first kappa shape index (κ1) is 13.8. The number of fused-ring (bicyclic) bond motifs is 1. The number of allylic oxidation sites excluding steroid dienone is 3. The van der Waals surface area contributed by atoms with Crippen molar-refractivity contribution in [1.82, 2.24) is 0 Å². The number of carbonyl (C=O) groups is 2. The number of hydrogen-bond acceptors (Lipinski definition) is 4. The quantitative estimate of drug-likeness (QED) is 0.436. The molecule has 0 aromatic heterocycles. The molecule has 19 heavy (non-hydrogen) atoms. The third-order valence-electron chi connectivity index (χ3n) is 4.37. The van der Waals surface area contributed by atoms with E-state index in [4.69, 9.17) is 9.47 Å². The molecule has 0 unspecified atom stereocenters. The summed E-state index contributed by atoms with van der Waals surface area (Å²) in [5.41, 5.74) is -0.293. The van der Waals surface area contributed by atoms with Gasteiger partial charge in [0.25, 0.3) is 0 Å². The molecule has 0 aliphatic heterocycles. The standard InChI is InChI=1S/C15H20O4/c1-10-9-15(13(16)18-2,14(17)19-3)12-8-6-4-5-7-11(10)12/h5,7,11-12H,1,4,6,8-9H2,2-3H3/t11-,12-/m0/s1. The average Bonchev–Trinajstić information content (AvgIpc) is 2.61. The summed E-state index contributed by atoms with van der Waals surface area (Å²) in [6, 6.07) is 0. The molecule has 2 aliphatic rings. The van der Waals surface area contributed by atoms with Crippen molar-refractivity contribution in [3.63, 3.8) is 0 Å². The molecule has 4 heteroatoms. The van der Waals surface area contributed by atoms with Crippen LogP contribution in [0.15, 0.2) is 24.3 Å². The molecule has 2 aliphatic carbocycles. The number of methoxy groups -OCH3 is 2. The molecule has 1 saturated carbocycles. The molecular formula is C15H20O4. The molecule has 0 bridgehead atoms. The van der Waals surface area contributed by atoms with Crippen molar-refractivity contribution in [2.24, 2.45) is 17.3 Å². The predicted octanol–water partition coefficient (Wildman–Crippen LogP) is 2.25. The highest BCUT2D eigenvalue weighted by Gasteiger charge is 2.61. The summed E-state index contributed by atoms with van der Waals surface area (Å²) in [5, 5.41) is 0. The highest BCUT2D eigenvalue weighted by molar-refractivity contribution is 6.01. The molecular weight excluding hydrogens is 244 g/mol. The smallest absolute Gasteiger partial charge is 0.323 e. The molecule has 0 N–H and O–H groups in total. The van der Waals surface area contributed by atoms with Gasteiger partial charge in [-0.3, -0.25) is 9.59 Å². The van der Waals surface area contributed by atoms with Crippen molar-refractivity contribution in [3.8, 4) is 0 Å². The van der Waals surface area contributed by atoms with Crippen molar-refractivity contribution < 1.29 is 19.1 Å². The lowest BCUT2D eigenvalue weighted by molar-refractivity contribution is -0.172. The zero-order valence-corrected chi connectivity index (χ0v) is 11.5. The first-order chi connectivity index (χ1) is 9.07. The molecule has 2 rings (SSSR count). The fourth-order valence-corrected chi connectivity index (χ4v) is 3.49. The predicted molar refractivity (Wildman–Crippen MR) is 70.2 cm³/mol. The van der Waals surface area contributed by atoms with E-state index in [0.29, 0.717) is 6.42 Å². The minimum absolute atomic E-state index is 0.0701. The Labute approximate surface area is 113 Å². The number of carbonyl (C=O) groups excluding carboxylic acids is 2. The molecule has 2 atom stereocenters. The second-order valence-corrected chi connectivity index (χ2v) is 5.28. The molecule has 4 nitrogen and oxygen atoms in total. The number of hydrogen-bond donors (Lipinski definition) is 0. The van der Waals surface area contributed by atoms with E-state index in [1.807, 2.05) is 0 Å². The van der Waals surface area contributed by atoms with Crippen LogP contribution in [0.2, 0.25) is 0 Å². The maximum atomic E-state index is 12.3. The monoisotopic (exact) mass is 264 g/mol. The Kier molecular flexibility index (Phi) is 3.78. The zero-order valence-electron chi connectivity index (χ0n) is 11.5. The van der Waals surface area contributed by atoms with Crippen LogP contribution in [-0.2, 0) is 19.1 Å². The molecule has 0 saturated heterocycles. The van der Waals surface area contributed by atoms with Gasteiger partial charge in [-0.1, -0.05) is 24.3 Å². The highest BCUT2D eigenvalue weighted by Crippen LogP contribution is 2.54. The summed E-state index contributed by atoms with van der Waals surface area (Å²) in [6.45, 7) is 4.04. The number of ether oxygens (including phenoxy) is 2.